The number of rotatable bonds is 1. The van der Waals surface area contributed by atoms with Crippen molar-refractivity contribution in [1.82, 2.24) is 0 Å². The molecule has 3 aliphatic rings. The van der Waals surface area contributed by atoms with Crippen molar-refractivity contribution in [3.8, 4) is 0 Å². The van der Waals surface area contributed by atoms with Crippen molar-refractivity contribution in [1.29, 1.82) is 0 Å². The molecule has 1 aliphatic heterocycles. The van der Waals surface area contributed by atoms with Gasteiger partial charge in [-0.3, -0.25) is 14.6 Å². The zero-order valence-electron chi connectivity index (χ0n) is 14.8. The summed E-state index contributed by atoms with van der Waals surface area (Å²) in [6.07, 6.45) is 1.30. The Morgan fingerprint density at radius 3 is 2.50 bits per heavy atom. The van der Waals surface area contributed by atoms with Gasteiger partial charge < -0.3 is 0 Å². The summed E-state index contributed by atoms with van der Waals surface area (Å²) in [6, 6.07) is 11.8. The molecule has 2 atom stereocenters. The van der Waals surface area contributed by atoms with Crippen molar-refractivity contribution in [2.45, 2.75) is 32.6 Å². The number of carbonyl (C=O) groups is 2. The largest absolute Gasteiger partial charge is 0.294 e. The van der Waals surface area contributed by atoms with E-state index in [1.54, 1.807) is 11.3 Å². The maximum Gasteiger partial charge on any atom is 0.173 e. The molecule has 1 aromatic heterocycles. The van der Waals surface area contributed by atoms with E-state index in [4.69, 9.17) is 4.99 Å². The van der Waals surface area contributed by atoms with E-state index in [0.717, 1.165) is 39.4 Å². The van der Waals surface area contributed by atoms with Crippen LogP contribution < -0.4 is 0 Å². The molecule has 130 valence electrons. The molecule has 1 aromatic carbocycles. The Morgan fingerprint density at radius 1 is 1.00 bits per heavy atom. The van der Waals surface area contributed by atoms with E-state index >= 15 is 0 Å². The van der Waals surface area contributed by atoms with Crippen molar-refractivity contribution in [2.24, 2.45) is 16.3 Å². The average Bonchev–Trinajstić information content (AvgIpc) is 3.21. The molecule has 2 aromatic rings. The van der Waals surface area contributed by atoms with Gasteiger partial charge in [-0.15, -0.1) is 11.3 Å². The van der Waals surface area contributed by atoms with E-state index in [2.05, 4.69) is 13.8 Å². The molecule has 2 aliphatic carbocycles. The standard InChI is InChI=1S/C22H19NO2S/c1-22(2)10-14-17(15(24)11-22)18(16-8-5-9-26-16)19-20(23-14)12-6-3-4-7-13(12)21(19)25/h3-9,18-19H,10-11H2,1-2H3/t18-,19+/m1/s1. The van der Waals surface area contributed by atoms with Crippen LogP contribution >= 0.6 is 11.3 Å². The number of hydrogen-bond donors (Lipinski definition) is 0. The highest BCUT2D eigenvalue weighted by Crippen LogP contribution is 2.51. The molecule has 0 N–H and O–H groups in total. The molecule has 26 heavy (non-hydrogen) atoms. The normalized spacial score (nSPS) is 26.3. The van der Waals surface area contributed by atoms with E-state index < -0.39 is 0 Å². The van der Waals surface area contributed by atoms with Crippen LogP contribution in [0.5, 0.6) is 0 Å². The molecule has 0 amide bonds. The van der Waals surface area contributed by atoms with Gasteiger partial charge in [0.2, 0.25) is 0 Å². The van der Waals surface area contributed by atoms with Gasteiger partial charge in [0.05, 0.1) is 11.6 Å². The lowest BCUT2D eigenvalue weighted by Crippen LogP contribution is -2.36. The molecule has 2 heterocycles. The van der Waals surface area contributed by atoms with Crippen LogP contribution in [-0.2, 0) is 4.79 Å². The predicted octanol–water partition coefficient (Wildman–Crippen LogP) is 4.79. The number of allylic oxidation sites excluding steroid dienone is 2. The van der Waals surface area contributed by atoms with Crippen LogP contribution in [0.3, 0.4) is 0 Å². The number of thiophene rings is 1. The second kappa shape index (κ2) is 5.34. The smallest absolute Gasteiger partial charge is 0.173 e. The highest BCUT2D eigenvalue weighted by molar-refractivity contribution is 7.10. The number of aliphatic imine (C=N–C) groups is 1. The van der Waals surface area contributed by atoms with E-state index in [1.807, 2.05) is 41.8 Å². The predicted molar refractivity (Wildman–Crippen MR) is 103 cm³/mol. The zero-order chi connectivity index (χ0) is 18.1. The van der Waals surface area contributed by atoms with Crippen LogP contribution in [-0.4, -0.2) is 17.3 Å². The van der Waals surface area contributed by atoms with Gasteiger partial charge in [-0.1, -0.05) is 44.2 Å². The highest BCUT2D eigenvalue weighted by Gasteiger charge is 2.50. The summed E-state index contributed by atoms with van der Waals surface area (Å²) in [4.78, 5) is 32.3. The molecular weight excluding hydrogens is 342 g/mol. The SMILES string of the molecule is CC1(C)CC(=O)C2=C(C1)N=C1c3ccccc3C(=O)[C@H]1[C@@H]2c1cccs1. The summed E-state index contributed by atoms with van der Waals surface area (Å²) in [5.41, 5.74) is 4.11. The lowest BCUT2D eigenvalue weighted by Gasteiger charge is -2.37. The quantitative estimate of drug-likeness (QED) is 0.733. The molecule has 0 unspecified atom stereocenters. The summed E-state index contributed by atoms with van der Waals surface area (Å²) in [5.74, 6) is -0.306. The molecule has 0 spiro atoms. The van der Waals surface area contributed by atoms with Crippen LogP contribution in [0.15, 0.2) is 58.0 Å². The Hall–Kier alpha value is -2.33. The third kappa shape index (κ3) is 2.15. The van der Waals surface area contributed by atoms with Crippen LogP contribution in [0, 0.1) is 11.3 Å². The fraction of sp³-hybridized carbons (Fsp3) is 0.318. The van der Waals surface area contributed by atoms with Crippen LogP contribution in [0.4, 0.5) is 0 Å². The summed E-state index contributed by atoms with van der Waals surface area (Å²) in [5, 5.41) is 2.02. The highest BCUT2D eigenvalue weighted by atomic mass is 32.1. The summed E-state index contributed by atoms with van der Waals surface area (Å²) >= 11 is 1.62. The Morgan fingerprint density at radius 2 is 1.77 bits per heavy atom. The number of nitrogens with zero attached hydrogens (tertiary/aromatic N) is 1. The van der Waals surface area contributed by atoms with Gasteiger partial charge in [-0.05, 0) is 23.3 Å². The zero-order valence-corrected chi connectivity index (χ0v) is 15.6. The topological polar surface area (TPSA) is 46.5 Å². The minimum atomic E-state index is -0.366. The van der Waals surface area contributed by atoms with Crippen molar-refractivity contribution in [3.05, 3.63) is 69.1 Å². The summed E-state index contributed by atoms with van der Waals surface area (Å²) in [6.45, 7) is 4.24. The maximum absolute atomic E-state index is 13.2. The van der Waals surface area contributed by atoms with E-state index in [-0.39, 0.29) is 28.8 Å². The second-order valence-corrected chi connectivity index (χ2v) is 9.16. The Labute approximate surface area is 156 Å². The van der Waals surface area contributed by atoms with Crippen molar-refractivity contribution in [3.63, 3.8) is 0 Å². The summed E-state index contributed by atoms with van der Waals surface area (Å²) in [7, 11) is 0. The fourth-order valence-corrected chi connectivity index (χ4v) is 5.53. The Kier molecular flexibility index (Phi) is 3.26. The maximum atomic E-state index is 13.2. The molecular formula is C22H19NO2S. The molecule has 3 nitrogen and oxygen atoms in total. The fourth-order valence-electron chi connectivity index (χ4n) is 4.66. The Bertz CT molecular complexity index is 1010. The molecule has 4 heteroatoms. The van der Waals surface area contributed by atoms with Crippen LogP contribution in [0.1, 0.15) is 53.4 Å². The minimum Gasteiger partial charge on any atom is -0.294 e. The van der Waals surface area contributed by atoms with Gasteiger partial charge >= 0.3 is 0 Å². The number of carbonyl (C=O) groups excluding carboxylic acids is 2. The second-order valence-electron chi connectivity index (χ2n) is 8.18. The van der Waals surface area contributed by atoms with Gasteiger partial charge in [-0.2, -0.15) is 0 Å². The number of ketones is 2. The first kappa shape index (κ1) is 15.9. The third-order valence-corrected chi connectivity index (χ3v) is 6.65. The minimum absolute atomic E-state index is 0.0883. The van der Waals surface area contributed by atoms with Crippen molar-refractivity contribution < 1.29 is 9.59 Å². The molecule has 5 rings (SSSR count). The number of Topliss-reactive ketones (excluding diaryl/α,β-unsaturated/α-hetero) is 2. The molecule has 0 fully saturated rings. The van der Waals surface area contributed by atoms with Gasteiger partial charge in [0.25, 0.3) is 0 Å². The third-order valence-electron chi connectivity index (χ3n) is 5.69. The lowest BCUT2D eigenvalue weighted by molar-refractivity contribution is -0.118. The lowest BCUT2D eigenvalue weighted by atomic mass is 9.68. The van der Waals surface area contributed by atoms with Gasteiger partial charge in [0.15, 0.2) is 11.6 Å². The van der Waals surface area contributed by atoms with Gasteiger partial charge in [0, 0.05) is 39.6 Å². The van der Waals surface area contributed by atoms with E-state index in [1.165, 1.54) is 0 Å². The number of hydrogen-bond acceptors (Lipinski definition) is 4. The number of benzene rings is 1. The van der Waals surface area contributed by atoms with Gasteiger partial charge in [0.1, 0.15) is 0 Å². The van der Waals surface area contributed by atoms with Crippen molar-refractivity contribution in [2.75, 3.05) is 0 Å². The first-order valence-corrected chi connectivity index (χ1v) is 9.86. The monoisotopic (exact) mass is 361 g/mol. The van der Waals surface area contributed by atoms with E-state index in [0.29, 0.717) is 6.42 Å². The summed E-state index contributed by atoms with van der Waals surface area (Å²) < 4.78 is 0. The van der Waals surface area contributed by atoms with Gasteiger partial charge in [-0.25, -0.2) is 0 Å². The number of fused-ring (bicyclic) bond motifs is 3. The Balaban J connectivity index is 1.77. The molecule has 0 saturated carbocycles. The molecule has 0 bridgehead atoms. The average molecular weight is 361 g/mol. The first-order chi connectivity index (χ1) is 12.5. The molecule has 0 radical (unpaired) electrons. The van der Waals surface area contributed by atoms with Crippen LogP contribution in [0.2, 0.25) is 0 Å². The molecule has 0 saturated heterocycles. The van der Waals surface area contributed by atoms with Crippen LogP contribution in [0.25, 0.3) is 0 Å². The van der Waals surface area contributed by atoms with Crippen molar-refractivity contribution >= 4 is 28.6 Å². The first-order valence-electron chi connectivity index (χ1n) is 8.98. The van der Waals surface area contributed by atoms with E-state index in [9.17, 15) is 9.59 Å².